The Balaban J connectivity index is 1.57. The van der Waals surface area contributed by atoms with E-state index in [0.717, 1.165) is 24.9 Å². The Morgan fingerprint density at radius 1 is 1.13 bits per heavy atom. The number of carbonyl (C=O) groups is 1. The number of anilines is 3. The highest BCUT2D eigenvalue weighted by molar-refractivity contribution is 6.03. The Kier molecular flexibility index (Phi) is 6.56. The van der Waals surface area contributed by atoms with Gasteiger partial charge in [0.1, 0.15) is 5.69 Å². The van der Waals surface area contributed by atoms with Gasteiger partial charge in [-0.1, -0.05) is 37.1 Å². The van der Waals surface area contributed by atoms with Crippen molar-refractivity contribution >= 4 is 23.2 Å². The predicted octanol–water partition coefficient (Wildman–Crippen LogP) is 3.10. The summed E-state index contributed by atoms with van der Waals surface area (Å²) in [6, 6.07) is 6.91. The standard InChI is InChI=1S/C23H32N6O2/c1-3-4-9-31-23-26-21(24)20-22(27-23)29(15-19(30)25-20)14-18-11-16(2)10-17(12-18)13-28-7-5-6-8-28/h10-12H,3-9,13-15H2,1-2H3,(H,25,30)(H2,24,26,27). The van der Waals surface area contributed by atoms with Crippen molar-refractivity contribution in [1.29, 1.82) is 0 Å². The van der Waals surface area contributed by atoms with Gasteiger partial charge in [0.25, 0.3) is 0 Å². The summed E-state index contributed by atoms with van der Waals surface area (Å²) in [7, 11) is 0. The van der Waals surface area contributed by atoms with E-state index in [1.54, 1.807) is 0 Å². The summed E-state index contributed by atoms with van der Waals surface area (Å²) in [6.07, 6.45) is 4.50. The van der Waals surface area contributed by atoms with Crippen molar-refractivity contribution in [2.24, 2.45) is 0 Å². The van der Waals surface area contributed by atoms with E-state index in [4.69, 9.17) is 10.5 Å². The zero-order chi connectivity index (χ0) is 21.8. The largest absolute Gasteiger partial charge is 0.463 e. The summed E-state index contributed by atoms with van der Waals surface area (Å²) in [5, 5.41) is 2.82. The number of nitrogens with two attached hydrogens (primary N) is 1. The number of unbranched alkanes of at least 4 members (excludes halogenated alkanes) is 1. The maximum atomic E-state index is 12.3. The van der Waals surface area contributed by atoms with Gasteiger partial charge < -0.3 is 20.7 Å². The summed E-state index contributed by atoms with van der Waals surface area (Å²) in [4.78, 5) is 25.6. The molecule has 1 saturated heterocycles. The fourth-order valence-electron chi connectivity index (χ4n) is 4.27. The second-order valence-electron chi connectivity index (χ2n) is 8.51. The van der Waals surface area contributed by atoms with E-state index >= 15 is 0 Å². The molecule has 3 heterocycles. The summed E-state index contributed by atoms with van der Waals surface area (Å²) in [5.41, 5.74) is 10.3. The maximum Gasteiger partial charge on any atom is 0.320 e. The van der Waals surface area contributed by atoms with E-state index in [2.05, 4.69) is 52.2 Å². The molecule has 166 valence electrons. The van der Waals surface area contributed by atoms with Crippen LogP contribution in [0.5, 0.6) is 6.01 Å². The highest BCUT2D eigenvalue weighted by atomic mass is 16.5. The third kappa shape index (κ3) is 5.25. The molecule has 0 saturated carbocycles. The highest BCUT2D eigenvalue weighted by Gasteiger charge is 2.27. The van der Waals surface area contributed by atoms with Crippen LogP contribution < -0.4 is 20.7 Å². The van der Waals surface area contributed by atoms with Gasteiger partial charge in [-0.15, -0.1) is 0 Å². The predicted molar refractivity (Wildman–Crippen MR) is 122 cm³/mol. The number of benzene rings is 1. The summed E-state index contributed by atoms with van der Waals surface area (Å²) in [6.45, 7) is 8.85. The molecule has 0 aliphatic carbocycles. The molecule has 2 aromatic rings. The molecule has 1 fully saturated rings. The molecular weight excluding hydrogens is 392 g/mol. The lowest BCUT2D eigenvalue weighted by molar-refractivity contribution is -0.115. The number of ether oxygens (including phenoxy) is 1. The second kappa shape index (κ2) is 9.51. The van der Waals surface area contributed by atoms with Gasteiger partial charge in [-0.05, 0) is 50.4 Å². The molecule has 1 aromatic heterocycles. The lowest BCUT2D eigenvalue weighted by Crippen LogP contribution is -2.39. The first-order valence-electron chi connectivity index (χ1n) is 11.2. The van der Waals surface area contributed by atoms with Gasteiger partial charge in [-0.25, -0.2) is 0 Å². The van der Waals surface area contributed by atoms with E-state index in [-0.39, 0.29) is 24.3 Å². The molecule has 0 unspecified atom stereocenters. The minimum atomic E-state index is -0.118. The number of likely N-dealkylation sites (tertiary alicyclic amines) is 1. The second-order valence-corrected chi connectivity index (χ2v) is 8.51. The Morgan fingerprint density at radius 3 is 2.61 bits per heavy atom. The number of aryl methyl sites for hydroxylation is 1. The number of nitrogens with zero attached hydrogens (tertiary/aromatic N) is 4. The lowest BCUT2D eigenvalue weighted by Gasteiger charge is -2.30. The fraction of sp³-hybridized carbons (Fsp3) is 0.522. The van der Waals surface area contributed by atoms with E-state index in [1.807, 2.05) is 4.90 Å². The third-order valence-electron chi connectivity index (χ3n) is 5.70. The van der Waals surface area contributed by atoms with Crippen LogP contribution in [0.1, 0.15) is 49.3 Å². The Morgan fingerprint density at radius 2 is 1.87 bits per heavy atom. The molecule has 1 aromatic carbocycles. The van der Waals surface area contributed by atoms with Crippen LogP contribution in [-0.2, 0) is 17.9 Å². The number of nitrogens with one attached hydrogen (secondary N) is 1. The zero-order valence-electron chi connectivity index (χ0n) is 18.5. The first-order chi connectivity index (χ1) is 15.0. The average molecular weight is 425 g/mol. The van der Waals surface area contributed by atoms with Crippen LogP contribution in [0.25, 0.3) is 0 Å². The molecule has 31 heavy (non-hydrogen) atoms. The number of aromatic nitrogens is 2. The first-order valence-corrected chi connectivity index (χ1v) is 11.2. The molecule has 8 nitrogen and oxygen atoms in total. The van der Waals surface area contributed by atoms with Crippen LogP contribution in [0.3, 0.4) is 0 Å². The van der Waals surface area contributed by atoms with Crippen molar-refractivity contribution in [3.05, 3.63) is 34.9 Å². The van der Waals surface area contributed by atoms with Gasteiger partial charge in [-0.2, -0.15) is 9.97 Å². The van der Waals surface area contributed by atoms with Crippen LogP contribution in [0.2, 0.25) is 0 Å². The quantitative estimate of drug-likeness (QED) is 0.629. The number of nitrogen functional groups attached to an aromatic ring is 1. The minimum absolute atomic E-state index is 0.118. The van der Waals surface area contributed by atoms with Crippen molar-refractivity contribution in [2.45, 2.75) is 52.6 Å². The lowest BCUT2D eigenvalue weighted by atomic mass is 10.1. The SMILES string of the molecule is CCCCOc1nc(N)c2c(n1)N(Cc1cc(C)cc(CN3CCCC3)c1)CC(=O)N2. The van der Waals surface area contributed by atoms with E-state index in [9.17, 15) is 4.79 Å². The van der Waals surface area contributed by atoms with Crippen molar-refractivity contribution in [1.82, 2.24) is 14.9 Å². The Labute approximate surface area is 183 Å². The molecule has 0 spiro atoms. The van der Waals surface area contributed by atoms with Gasteiger partial charge >= 0.3 is 6.01 Å². The highest BCUT2D eigenvalue weighted by Crippen LogP contribution is 2.34. The molecule has 0 atom stereocenters. The number of hydrogen-bond acceptors (Lipinski definition) is 7. The van der Waals surface area contributed by atoms with E-state index < -0.39 is 0 Å². The van der Waals surface area contributed by atoms with Gasteiger partial charge in [0.15, 0.2) is 11.6 Å². The zero-order valence-corrected chi connectivity index (χ0v) is 18.5. The normalized spacial score (nSPS) is 16.3. The number of fused-ring (bicyclic) bond motifs is 1. The van der Waals surface area contributed by atoms with Gasteiger partial charge in [-0.3, -0.25) is 9.69 Å². The monoisotopic (exact) mass is 424 g/mol. The molecule has 2 aliphatic rings. The first kappa shape index (κ1) is 21.4. The van der Waals surface area contributed by atoms with Crippen LogP contribution in [0, 0.1) is 6.92 Å². The molecule has 8 heteroatoms. The minimum Gasteiger partial charge on any atom is -0.463 e. The van der Waals surface area contributed by atoms with Crippen LogP contribution in [-0.4, -0.2) is 47.0 Å². The fourth-order valence-corrected chi connectivity index (χ4v) is 4.27. The number of carbonyl (C=O) groups excluding carboxylic acids is 1. The molecule has 4 rings (SSSR count). The van der Waals surface area contributed by atoms with Crippen molar-refractivity contribution in [2.75, 3.05) is 42.2 Å². The molecule has 1 amide bonds. The van der Waals surface area contributed by atoms with Crippen LogP contribution >= 0.6 is 0 Å². The van der Waals surface area contributed by atoms with Crippen molar-refractivity contribution in [3.8, 4) is 6.01 Å². The third-order valence-corrected chi connectivity index (χ3v) is 5.70. The average Bonchev–Trinajstić information content (AvgIpc) is 3.21. The van der Waals surface area contributed by atoms with Crippen molar-refractivity contribution < 1.29 is 9.53 Å². The topological polar surface area (TPSA) is 96.6 Å². The number of rotatable bonds is 8. The van der Waals surface area contributed by atoms with Crippen LogP contribution in [0.15, 0.2) is 18.2 Å². The molecule has 0 radical (unpaired) electrons. The maximum absolute atomic E-state index is 12.3. The summed E-state index contributed by atoms with van der Waals surface area (Å²) >= 11 is 0. The smallest absolute Gasteiger partial charge is 0.320 e. The Bertz CT molecular complexity index is 942. The van der Waals surface area contributed by atoms with Gasteiger partial charge in [0.2, 0.25) is 5.91 Å². The summed E-state index contributed by atoms with van der Waals surface area (Å²) in [5.74, 6) is 0.724. The van der Waals surface area contributed by atoms with Crippen molar-refractivity contribution in [3.63, 3.8) is 0 Å². The van der Waals surface area contributed by atoms with E-state index in [1.165, 1.54) is 37.1 Å². The number of amides is 1. The Hall–Kier alpha value is -2.87. The van der Waals surface area contributed by atoms with E-state index in [0.29, 0.717) is 24.7 Å². The molecular formula is C23H32N6O2. The van der Waals surface area contributed by atoms with Gasteiger partial charge in [0, 0.05) is 13.1 Å². The van der Waals surface area contributed by atoms with Crippen LogP contribution in [0.4, 0.5) is 17.3 Å². The number of hydrogen-bond donors (Lipinski definition) is 2. The molecule has 3 N–H and O–H groups in total. The molecule has 0 bridgehead atoms. The molecule has 2 aliphatic heterocycles. The summed E-state index contributed by atoms with van der Waals surface area (Å²) < 4.78 is 5.68. The van der Waals surface area contributed by atoms with Gasteiger partial charge in [0.05, 0.1) is 13.2 Å².